The average molecular weight is 506 g/mol. The fourth-order valence-corrected chi connectivity index (χ4v) is 4.20. The van der Waals surface area contributed by atoms with Crippen LogP contribution in [0.4, 0.5) is 9.57 Å². The van der Waals surface area contributed by atoms with E-state index in [2.05, 4.69) is 5.32 Å². The maximum Gasteiger partial charge on any atom is 0.332 e. The van der Waals surface area contributed by atoms with Gasteiger partial charge in [-0.15, -0.1) is 3.89 Å². The van der Waals surface area contributed by atoms with Gasteiger partial charge in [-0.1, -0.05) is 6.07 Å². The number of benzene rings is 2. The van der Waals surface area contributed by atoms with E-state index in [0.29, 0.717) is 30.0 Å². The molecule has 182 valence electrons. The minimum absolute atomic E-state index is 0.0544. The third-order valence-corrected chi connectivity index (χ3v) is 6.35. The zero-order chi connectivity index (χ0) is 26.5. The smallest absolute Gasteiger partial charge is 0.332 e. The van der Waals surface area contributed by atoms with Crippen LogP contribution in [0.5, 0.6) is 5.75 Å². The molecule has 0 bridgehead atoms. The van der Waals surface area contributed by atoms with Gasteiger partial charge in [0.05, 0.1) is 28.3 Å². The van der Waals surface area contributed by atoms with Crippen molar-refractivity contribution >= 4 is 27.4 Å². The summed E-state index contributed by atoms with van der Waals surface area (Å²) < 4.78 is 40.5. The van der Waals surface area contributed by atoms with Gasteiger partial charge in [0, 0.05) is 12.2 Å². The molecule has 0 aliphatic carbocycles. The highest BCUT2D eigenvalue weighted by atomic mass is 32.3. The molecule has 0 radical (unpaired) electrons. The third kappa shape index (κ3) is 5.35. The van der Waals surface area contributed by atoms with E-state index >= 15 is 0 Å². The van der Waals surface area contributed by atoms with Crippen LogP contribution in [0, 0.1) is 40.9 Å². The van der Waals surface area contributed by atoms with Crippen molar-refractivity contribution < 1.29 is 21.8 Å². The minimum Gasteiger partial charge on any atom is -0.492 e. The number of nitrogens with one attached hydrogen (secondary N) is 1. The van der Waals surface area contributed by atoms with Gasteiger partial charge in [-0.05, 0) is 61.4 Å². The van der Waals surface area contributed by atoms with Crippen molar-refractivity contribution in [2.24, 2.45) is 0 Å². The molecule has 0 unspecified atom stereocenters. The second-order valence-corrected chi connectivity index (χ2v) is 8.97. The fourth-order valence-electron chi connectivity index (χ4n) is 3.74. The van der Waals surface area contributed by atoms with E-state index in [1.165, 1.54) is 12.1 Å². The Morgan fingerprint density at radius 1 is 1.11 bits per heavy atom. The summed E-state index contributed by atoms with van der Waals surface area (Å²) >= 11 is 0. The second kappa shape index (κ2) is 10.7. The molecular weight excluding hydrogens is 485 g/mol. The third-order valence-electron chi connectivity index (χ3n) is 5.51. The Hall–Kier alpha value is -4.66. The number of nitriles is 3. The summed E-state index contributed by atoms with van der Waals surface area (Å²) in [5, 5.41) is 30.4. The Morgan fingerprint density at radius 3 is 2.31 bits per heavy atom. The molecule has 0 aromatic heterocycles. The SMILES string of the molecule is CCN(CCOc1ccc(S(=O)(=O)F)cc1)c1ccc(C2=C(C#N)C(=C(C#N)C#N)NC2=O)c(C)c1. The number of hydrogen-bond donors (Lipinski definition) is 1. The van der Waals surface area contributed by atoms with Crippen LogP contribution in [0.1, 0.15) is 18.1 Å². The van der Waals surface area contributed by atoms with Gasteiger partial charge >= 0.3 is 10.2 Å². The van der Waals surface area contributed by atoms with Crippen LogP contribution in [-0.4, -0.2) is 34.0 Å². The van der Waals surface area contributed by atoms with E-state index in [0.717, 1.165) is 17.8 Å². The number of likely N-dealkylation sites (N-methyl/N-ethyl adjacent to an activating group) is 1. The van der Waals surface area contributed by atoms with Crippen LogP contribution in [0.3, 0.4) is 0 Å². The first kappa shape index (κ1) is 26.0. The Bertz CT molecular complexity index is 1490. The Kier molecular flexibility index (Phi) is 7.73. The predicted octanol–water partition coefficient (Wildman–Crippen LogP) is 3.27. The quantitative estimate of drug-likeness (QED) is 0.425. The van der Waals surface area contributed by atoms with E-state index in [1.54, 1.807) is 31.2 Å². The van der Waals surface area contributed by atoms with E-state index < -0.39 is 21.0 Å². The molecule has 0 spiro atoms. The first-order chi connectivity index (χ1) is 17.1. The average Bonchev–Trinajstić information content (AvgIpc) is 3.18. The highest BCUT2D eigenvalue weighted by Gasteiger charge is 2.32. The van der Waals surface area contributed by atoms with Crippen LogP contribution in [-0.2, 0) is 15.0 Å². The molecule has 0 atom stereocenters. The molecule has 2 aromatic rings. The molecule has 1 amide bonds. The maximum absolute atomic E-state index is 13.0. The molecule has 0 saturated heterocycles. The molecule has 0 saturated carbocycles. The van der Waals surface area contributed by atoms with Crippen molar-refractivity contribution in [2.75, 3.05) is 24.6 Å². The van der Waals surface area contributed by atoms with Crippen molar-refractivity contribution in [1.29, 1.82) is 15.8 Å². The second-order valence-electron chi connectivity index (χ2n) is 7.63. The van der Waals surface area contributed by atoms with E-state index in [-0.39, 0.29) is 29.0 Å². The zero-order valence-corrected chi connectivity index (χ0v) is 20.2. The van der Waals surface area contributed by atoms with E-state index in [1.807, 2.05) is 24.0 Å². The lowest BCUT2D eigenvalue weighted by atomic mass is 9.95. The lowest BCUT2D eigenvalue weighted by molar-refractivity contribution is -0.114. The summed E-state index contributed by atoms with van der Waals surface area (Å²) in [5.41, 5.74) is 1.67. The molecule has 0 fully saturated rings. The summed E-state index contributed by atoms with van der Waals surface area (Å²) in [6.45, 7) is 5.12. The number of halogens is 1. The zero-order valence-electron chi connectivity index (χ0n) is 19.4. The fraction of sp³-hybridized carbons (Fsp3) is 0.200. The molecule has 1 heterocycles. The van der Waals surface area contributed by atoms with Crippen molar-refractivity contribution in [1.82, 2.24) is 5.32 Å². The van der Waals surface area contributed by atoms with Crippen molar-refractivity contribution in [3.63, 3.8) is 0 Å². The Labute approximate surface area is 208 Å². The molecule has 2 aromatic carbocycles. The van der Waals surface area contributed by atoms with Crippen molar-refractivity contribution in [3.05, 3.63) is 70.4 Å². The van der Waals surface area contributed by atoms with Crippen LogP contribution in [0.25, 0.3) is 5.57 Å². The number of ether oxygens (including phenoxy) is 1. The molecule has 1 N–H and O–H groups in total. The maximum atomic E-state index is 13.0. The van der Waals surface area contributed by atoms with Gasteiger partial charge in [0.25, 0.3) is 5.91 Å². The van der Waals surface area contributed by atoms with E-state index in [4.69, 9.17) is 15.3 Å². The van der Waals surface area contributed by atoms with Crippen molar-refractivity contribution in [3.8, 4) is 24.0 Å². The van der Waals surface area contributed by atoms with Gasteiger partial charge < -0.3 is 15.0 Å². The van der Waals surface area contributed by atoms with Crippen LogP contribution in [0.2, 0.25) is 0 Å². The van der Waals surface area contributed by atoms with Gasteiger partial charge in [0.15, 0.2) is 5.57 Å². The minimum atomic E-state index is -4.77. The molecule has 11 heteroatoms. The summed E-state index contributed by atoms with van der Waals surface area (Å²) in [5.74, 6) is -0.168. The van der Waals surface area contributed by atoms with Gasteiger partial charge in [0.1, 0.15) is 30.6 Å². The number of rotatable bonds is 8. The Balaban J connectivity index is 1.80. The van der Waals surface area contributed by atoms with Gasteiger partial charge in [0.2, 0.25) is 0 Å². The molecule has 36 heavy (non-hydrogen) atoms. The lowest BCUT2D eigenvalue weighted by Crippen LogP contribution is -2.28. The number of carbonyl (C=O) groups is 1. The number of aryl methyl sites for hydroxylation is 1. The van der Waals surface area contributed by atoms with Gasteiger partial charge in [-0.25, -0.2) is 0 Å². The highest BCUT2D eigenvalue weighted by molar-refractivity contribution is 7.86. The molecular formula is C25H20FN5O4S. The number of carbonyl (C=O) groups excluding carboxylic acids is 1. The summed E-state index contributed by atoms with van der Waals surface area (Å²) in [7, 11) is -4.77. The van der Waals surface area contributed by atoms with Crippen molar-refractivity contribution in [2.45, 2.75) is 18.7 Å². The highest BCUT2D eigenvalue weighted by Crippen LogP contribution is 2.33. The largest absolute Gasteiger partial charge is 0.492 e. The first-order valence-electron chi connectivity index (χ1n) is 10.7. The molecule has 1 aliphatic heterocycles. The van der Waals surface area contributed by atoms with Crippen LogP contribution < -0.4 is 15.0 Å². The predicted molar refractivity (Wildman–Crippen MR) is 128 cm³/mol. The van der Waals surface area contributed by atoms with Gasteiger partial charge in [-0.3, -0.25) is 4.79 Å². The first-order valence-corrected chi connectivity index (χ1v) is 12.1. The summed E-state index contributed by atoms with van der Waals surface area (Å²) in [6, 6.07) is 15.7. The number of amides is 1. The van der Waals surface area contributed by atoms with E-state index in [9.17, 15) is 22.4 Å². The Morgan fingerprint density at radius 2 is 1.78 bits per heavy atom. The normalized spacial score (nSPS) is 12.9. The summed E-state index contributed by atoms with van der Waals surface area (Å²) in [4.78, 5) is 14.2. The van der Waals surface area contributed by atoms with Crippen LogP contribution >= 0.6 is 0 Å². The molecule has 3 rings (SSSR count). The number of allylic oxidation sites excluding steroid dienone is 2. The molecule has 9 nitrogen and oxygen atoms in total. The monoisotopic (exact) mass is 505 g/mol. The number of nitrogens with zero attached hydrogens (tertiary/aromatic N) is 4. The van der Waals surface area contributed by atoms with Gasteiger partial charge in [-0.2, -0.15) is 24.2 Å². The topological polar surface area (TPSA) is 147 Å². The number of anilines is 1. The lowest BCUT2D eigenvalue weighted by Gasteiger charge is -2.24. The standard InChI is InChI=1S/C25H20FN5O4S/c1-3-31(10-11-35-19-5-7-20(8-6-19)36(26,33)34)18-4-9-21(16(2)12-18)23-22(15-29)24(30-25(23)32)17(13-27)14-28/h4-9,12H,3,10-11H2,1-2H3,(H,30,32). The number of hydrogen-bond acceptors (Lipinski definition) is 8. The molecule has 1 aliphatic rings. The summed E-state index contributed by atoms with van der Waals surface area (Å²) in [6.07, 6.45) is 0. The van der Waals surface area contributed by atoms with Crippen LogP contribution in [0.15, 0.2) is 64.2 Å².